The van der Waals surface area contributed by atoms with Gasteiger partial charge < -0.3 is 4.74 Å². The fourth-order valence-electron chi connectivity index (χ4n) is 1.58. The highest BCUT2D eigenvalue weighted by Crippen LogP contribution is 2.22. The lowest BCUT2D eigenvalue weighted by Crippen LogP contribution is -2.29. The summed E-state index contributed by atoms with van der Waals surface area (Å²) in [6.45, 7) is 0. The second-order valence-corrected chi connectivity index (χ2v) is 4.23. The molecule has 2 rings (SSSR count). The molecular weight excluding hydrogens is 264 g/mol. The van der Waals surface area contributed by atoms with Crippen molar-refractivity contribution in [2.45, 2.75) is 0 Å². The molecule has 0 saturated carbocycles. The first-order chi connectivity index (χ1) is 9.20. The molecule has 2 N–H and O–H groups in total. The number of amides is 1. The Morgan fingerprint density at radius 3 is 2.58 bits per heavy atom. The van der Waals surface area contributed by atoms with Crippen LogP contribution in [0.15, 0.2) is 48.5 Å². The third-order valence-corrected chi connectivity index (χ3v) is 2.74. The zero-order valence-corrected chi connectivity index (χ0v) is 11.1. The summed E-state index contributed by atoms with van der Waals surface area (Å²) < 4.78 is 5.13. The molecule has 0 aliphatic heterocycles. The van der Waals surface area contributed by atoms with E-state index in [1.165, 1.54) is 7.11 Å². The number of halogens is 1. The molecule has 0 bridgehead atoms. The van der Waals surface area contributed by atoms with Crippen molar-refractivity contribution in [3.05, 3.63) is 59.1 Å². The molecule has 5 heteroatoms. The summed E-state index contributed by atoms with van der Waals surface area (Å²) in [5.41, 5.74) is 6.57. The van der Waals surface area contributed by atoms with Gasteiger partial charge >= 0.3 is 0 Å². The summed E-state index contributed by atoms with van der Waals surface area (Å²) >= 11 is 5.88. The van der Waals surface area contributed by atoms with E-state index in [-0.39, 0.29) is 5.91 Å². The van der Waals surface area contributed by atoms with Gasteiger partial charge in [0.05, 0.1) is 18.4 Å². The number of methoxy groups -OCH3 is 1. The van der Waals surface area contributed by atoms with Crippen molar-refractivity contribution < 1.29 is 9.53 Å². The number of para-hydroxylation sites is 1. The largest absolute Gasteiger partial charge is 0.496 e. The minimum Gasteiger partial charge on any atom is -0.496 e. The van der Waals surface area contributed by atoms with E-state index < -0.39 is 0 Å². The number of carbonyl (C=O) groups is 1. The molecule has 98 valence electrons. The van der Waals surface area contributed by atoms with Crippen molar-refractivity contribution in [3.63, 3.8) is 0 Å². The van der Waals surface area contributed by atoms with Crippen LogP contribution in [0.5, 0.6) is 5.75 Å². The minimum absolute atomic E-state index is 0.316. The maximum Gasteiger partial charge on any atom is 0.273 e. The molecule has 1 amide bonds. The number of nitrogens with one attached hydrogen (secondary N) is 2. The SMILES string of the molecule is COc1ccc(Cl)cc1C(=O)NNc1ccccc1. The standard InChI is InChI=1S/C14H13ClN2O2/c1-19-13-8-7-10(15)9-12(13)14(18)17-16-11-5-3-2-4-6-11/h2-9,16H,1H3,(H,17,18). The highest BCUT2D eigenvalue weighted by molar-refractivity contribution is 6.31. The van der Waals surface area contributed by atoms with E-state index in [9.17, 15) is 4.79 Å². The number of carbonyl (C=O) groups excluding carboxylic acids is 1. The number of hydrogen-bond acceptors (Lipinski definition) is 3. The fourth-order valence-corrected chi connectivity index (χ4v) is 1.75. The molecule has 0 radical (unpaired) electrons. The number of hydrogen-bond donors (Lipinski definition) is 2. The van der Waals surface area contributed by atoms with E-state index in [2.05, 4.69) is 10.9 Å². The summed E-state index contributed by atoms with van der Waals surface area (Å²) in [7, 11) is 1.50. The van der Waals surface area contributed by atoms with Crippen LogP contribution in [-0.4, -0.2) is 13.0 Å². The van der Waals surface area contributed by atoms with Crippen LogP contribution in [-0.2, 0) is 0 Å². The quantitative estimate of drug-likeness (QED) is 0.844. The van der Waals surface area contributed by atoms with Gasteiger partial charge in [-0.3, -0.25) is 15.6 Å². The van der Waals surface area contributed by atoms with Crippen LogP contribution in [0.25, 0.3) is 0 Å². The van der Waals surface area contributed by atoms with Crippen LogP contribution in [0.2, 0.25) is 5.02 Å². The van der Waals surface area contributed by atoms with Crippen LogP contribution in [0.1, 0.15) is 10.4 Å². The van der Waals surface area contributed by atoms with Gasteiger partial charge in [-0.1, -0.05) is 29.8 Å². The number of anilines is 1. The third-order valence-electron chi connectivity index (χ3n) is 2.50. The Labute approximate surface area is 116 Å². The molecule has 0 spiro atoms. The van der Waals surface area contributed by atoms with E-state index in [1.807, 2.05) is 30.3 Å². The van der Waals surface area contributed by atoms with Crippen LogP contribution in [0, 0.1) is 0 Å². The van der Waals surface area contributed by atoms with Crippen molar-refractivity contribution in [3.8, 4) is 5.75 Å². The lowest BCUT2D eigenvalue weighted by Gasteiger charge is -2.11. The zero-order chi connectivity index (χ0) is 13.7. The fraction of sp³-hybridized carbons (Fsp3) is 0.0714. The molecule has 4 nitrogen and oxygen atoms in total. The Bertz CT molecular complexity index is 573. The highest BCUT2D eigenvalue weighted by atomic mass is 35.5. The normalized spacial score (nSPS) is 9.79. The summed E-state index contributed by atoms with van der Waals surface area (Å²) in [4.78, 5) is 12.0. The van der Waals surface area contributed by atoms with Gasteiger partial charge in [0.1, 0.15) is 5.75 Å². The smallest absolute Gasteiger partial charge is 0.273 e. The van der Waals surface area contributed by atoms with Gasteiger partial charge in [-0.05, 0) is 30.3 Å². The van der Waals surface area contributed by atoms with Gasteiger partial charge in [0.25, 0.3) is 5.91 Å². The Kier molecular flexibility index (Phi) is 4.26. The maximum atomic E-state index is 12.0. The lowest BCUT2D eigenvalue weighted by molar-refractivity contribution is 0.0959. The first-order valence-corrected chi connectivity index (χ1v) is 6.03. The van der Waals surface area contributed by atoms with Gasteiger partial charge in [0, 0.05) is 5.02 Å². The first-order valence-electron chi connectivity index (χ1n) is 5.65. The van der Waals surface area contributed by atoms with E-state index in [0.29, 0.717) is 16.3 Å². The predicted molar refractivity (Wildman–Crippen MR) is 75.5 cm³/mol. The molecule has 0 aliphatic carbocycles. The Morgan fingerprint density at radius 1 is 1.16 bits per heavy atom. The monoisotopic (exact) mass is 276 g/mol. The topological polar surface area (TPSA) is 50.4 Å². The van der Waals surface area contributed by atoms with Gasteiger partial charge in [-0.15, -0.1) is 0 Å². The van der Waals surface area contributed by atoms with E-state index in [4.69, 9.17) is 16.3 Å². The average Bonchev–Trinajstić information content (AvgIpc) is 2.46. The molecule has 0 aromatic heterocycles. The molecule has 0 heterocycles. The summed E-state index contributed by atoms with van der Waals surface area (Å²) in [6, 6.07) is 14.2. The summed E-state index contributed by atoms with van der Waals surface area (Å²) in [5, 5.41) is 0.477. The molecule has 0 fully saturated rings. The molecule has 0 atom stereocenters. The van der Waals surface area contributed by atoms with Crippen molar-refractivity contribution in [1.29, 1.82) is 0 Å². The molecule has 0 saturated heterocycles. The minimum atomic E-state index is -0.316. The Morgan fingerprint density at radius 2 is 1.89 bits per heavy atom. The van der Waals surface area contributed by atoms with Gasteiger partial charge in [0.2, 0.25) is 0 Å². The van der Waals surface area contributed by atoms with Crippen molar-refractivity contribution >= 4 is 23.2 Å². The second kappa shape index (κ2) is 6.11. The van der Waals surface area contributed by atoms with Crippen molar-refractivity contribution in [2.24, 2.45) is 0 Å². The van der Waals surface area contributed by atoms with Crippen molar-refractivity contribution in [2.75, 3.05) is 12.5 Å². The number of benzene rings is 2. The van der Waals surface area contributed by atoms with Gasteiger partial charge in [0.15, 0.2) is 0 Å². The van der Waals surface area contributed by atoms with E-state index >= 15 is 0 Å². The molecule has 2 aromatic rings. The first kappa shape index (κ1) is 13.2. The van der Waals surface area contributed by atoms with E-state index in [0.717, 1.165) is 5.69 Å². The summed E-state index contributed by atoms with van der Waals surface area (Å²) in [6.07, 6.45) is 0. The molecular formula is C14H13ClN2O2. The predicted octanol–water partition coefficient (Wildman–Crippen LogP) is 3.11. The molecule has 0 aliphatic rings. The van der Waals surface area contributed by atoms with Crippen LogP contribution < -0.4 is 15.6 Å². The number of ether oxygens (including phenoxy) is 1. The molecule has 19 heavy (non-hydrogen) atoms. The number of hydrazine groups is 1. The van der Waals surface area contributed by atoms with Crippen LogP contribution in [0.4, 0.5) is 5.69 Å². The second-order valence-electron chi connectivity index (χ2n) is 3.79. The van der Waals surface area contributed by atoms with Crippen LogP contribution >= 0.6 is 11.6 Å². The summed E-state index contributed by atoms with van der Waals surface area (Å²) in [5.74, 6) is 0.153. The highest BCUT2D eigenvalue weighted by Gasteiger charge is 2.12. The van der Waals surface area contributed by atoms with Crippen LogP contribution in [0.3, 0.4) is 0 Å². The number of rotatable bonds is 4. The average molecular weight is 277 g/mol. The lowest BCUT2D eigenvalue weighted by atomic mass is 10.2. The van der Waals surface area contributed by atoms with Crippen molar-refractivity contribution in [1.82, 2.24) is 5.43 Å². The molecule has 2 aromatic carbocycles. The zero-order valence-electron chi connectivity index (χ0n) is 10.3. The third kappa shape index (κ3) is 3.39. The Balaban J connectivity index is 2.10. The van der Waals surface area contributed by atoms with Gasteiger partial charge in [-0.25, -0.2) is 0 Å². The Hall–Kier alpha value is -2.20. The van der Waals surface area contributed by atoms with Gasteiger partial charge in [-0.2, -0.15) is 0 Å². The molecule has 0 unspecified atom stereocenters. The maximum absolute atomic E-state index is 12.0. The van der Waals surface area contributed by atoms with E-state index in [1.54, 1.807) is 18.2 Å².